The van der Waals surface area contributed by atoms with Gasteiger partial charge in [-0.3, -0.25) is 9.63 Å². The number of hydrogen-bond donors (Lipinski definition) is 0. The van der Waals surface area contributed by atoms with E-state index in [4.69, 9.17) is 9.57 Å². The maximum absolute atomic E-state index is 12.0. The first-order valence-electron chi connectivity index (χ1n) is 7.16. The van der Waals surface area contributed by atoms with Gasteiger partial charge in [-0.05, 0) is 43.9 Å². The molecule has 0 atom stereocenters. The van der Waals surface area contributed by atoms with Crippen LogP contribution in [0, 0.1) is 6.92 Å². The Morgan fingerprint density at radius 2 is 2.00 bits per heavy atom. The lowest BCUT2D eigenvalue weighted by Gasteiger charge is -2.20. The Balaban J connectivity index is 2.74. The van der Waals surface area contributed by atoms with Crippen LogP contribution in [0.15, 0.2) is 18.2 Å². The number of hydroxylamine groups is 2. The minimum atomic E-state index is -0.162. The SMILES string of the molecule is CCON(CC)C(=O)COc1cc(C)ccc1C(C)C. The third-order valence-corrected chi connectivity index (χ3v) is 2.99. The van der Waals surface area contributed by atoms with Crippen LogP contribution in [0.5, 0.6) is 5.75 Å². The highest BCUT2D eigenvalue weighted by molar-refractivity contribution is 5.76. The molecule has 1 amide bonds. The monoisotopic (exact) mass is 279 g/mol. The van der Waals surface area contributed by atoms with E-state index in [9.17, 15) is 4.79 Å². The van der Waals surface area contributed by atoms with Crippen molar-refractivity contribution in [1.82, 2.24) is 5.06 Å². The number of aryl methyl sites for hydroxylation is 1. The van der Waals surface area contributed by atoms with Crippen LogP contribution >= 0.6 is 0 Å². The van der Waals surface area contributed by atoms with Crippen LogP contribution in [0.2, 0.25) is 0 Å². The lowest BCUT2D eigenvalue weighted by Crippen LogP contribution is -2.35. The molecule has 0 heterocycles. The molecule has 0 saturated carbocycles. The van der Waals surface area contributed by atoms with Gasteiger partial charge >= 0.3 is 0 Å². The van der Waals surface area contributed by atoms with Crippen molar-refractivity contribution in [3.8, 4) is 5.75 Å². The van der Waals surface area contributed by atoms with Gasteiger partial charge in [0, 0.05) is 6.54 Å². The van der Waals surface area contributed by atoms with Crippen LogP contribution in [0.1, 0.15) is 44.7 Å². The number of rotatable bonds is 7. The molecule has 0 bridgehead atoms. The van der Waals surface area contributed by atoms with E-state index in [2.05, 4.69) is 26.0 Å². The van der Waals surface area contributed by atoms with Gasteiger partial charge in [0.05, 0.1) is 6.61 Å². The minimum absolute atomic E-state index is 0.00296. The van der Waals surface area contributed by atoms with Crippen molar-refractivity contribution in [2.24, 2.45) is 0 Å². The summed E-state index contributed by atoms with van der Waals surface area (Å²) in [4.78, 5) is 17.2. The summed E-state index contributed by atoms with van der Waals surface area (Å²) in [6, 6.07) is 6.09. The van der Waals surface area contributed by atoms with Crippen molar-refractivity contribution in [3.05, 3.63) is 29.3 Å². The molecule has 1 aromatic carbocycles. The summed E-state index contributed by atoms with van der Waals surface area (Å²) in [5, 5.41) is 1.34. The van der Waals surface area contributed by atoms with Gasteiger partial charge in [-0.25, -0.2) is 5.06 Å². The molecule has 0 aliphatic heterocycles. The third kappa shape index (κ3) is 4.53. The zero-order valence-corrected chi connectivity index (χ0v) is 13.1. The van der Waals surface area contributed by atoms with E-state index >= 15 is 0 Å². The summed E-state index contributed by atoms with van der Waals surface area (Å²) >= 11 is 0. The van der Waals surface area contributed by atoms with Crippen LogP contribution < -0.4 is 4.74 Å². The first-order valence-corrected chi connectivity index (χ1v) is 7.16. The summed E-state index contributed by atoms with van der Waals surface area (Å²) < 4.78 is 5.70. The zero-order chi connectivity index (χ0) is 15.1. The normalized spacial score (nSPS) is 10.7. The Labute approximate surface area is 121 Å². The van der Waals surface area contributed by atoms with Crippen LogP contribution in [-0.2, 0) is 9.63 Å². The molecule has 0 saturated heterocycles. The Bertz CT molecular complexity index is 443. The van der Waals surface area contributed by atoms with Crippen LogP contribution in [0.4, 0.5) is 0 Å². The maximum atomic E-state index is 12.0. The molecule has 0 unspecified atom stereocenters. The van der Waals surface area contributed by atoms with Crippen LogP contribution in [0.25, 0.3) is 0 Å². The quantitative estimate of drug-likeness (QED) is 0.719. The standard InChI is InChI=1S/C16H25NO3/c1-6-17(20-7-2)16(18)11-19-15-10-13(5)8-9-14(15)12(3)4/h8-10,12H,6-7,11H2,1-5H3. The molecule has 1 aromatic rings. The van der Waals surface area contributed by atoms with Gasteiger partial charge in [0.25, 0.3) is 5.91 Å². The van der Waals surface area contributed by atoms with E-state index in [1.165, 1.54) is 5.06 Å². The molecule has 1 rings (SSSR count). The maximum Gasteiger partial charge on any atom is 0.283 e. The van der Waals surface area contributed by atoms with Crippen molar-refractivity contribution in [1.29, 1.82) is 0 Å². The molecule has 0 aliphatic rings. The van der Waals surface area contributed by atoms with E-state index in [0.29, 0.717) is 19.1 Å². The number of carbonyl (C=O) groups is 1. The lowest BCUT2D eigenvalue weighted by atomic mass is 10.0. The van der Waals surface area contributed by atoms with Gasteiger partial charge < -0.3 is 4.74 Å². The summed E-state index contributed by atoms with van der Waals surface area (Å²) in [5.41, 5.74) is 2.23. The number of nitrogens with zero attached hydrogens (tertiary/aromatic N) is 1. The van der Waals surface area contributed by atoms with Gasteiger partial charge in [0.15, 0.2) is 6.61 Å². The molecule has 4 nitrogen and oxygen atoms in total. The second-order valence-corrected chi connectivity index (χ2v) is 4.99. The fraction of sp³-hybridized carbons (Fsp3) is 0.562. The van der Waals surface area contributed by atoms with Crippen LogP contribution in [-0.4, -0.2) is 30.7 Å². The van der Waals surface area contributed by atoms with Crippen molar-refractivity contribution in [2.45, 2.75) is 40.5 Å². The van der Waals surface area contributed by atoms with Gasteiger partial charge in [-0.2, -0.15) is 0 Å². The van der Waals surface area contributed by atoms with E-state index < -0.39 is 0 Å². The number of benzene rings is 1. The largest absolute Gasteiger partial charge is 0.483 e. The summed E-state index contributed by atoms with van der Waals surface area (Å²) in [6.45, 7) is 10.9. The highest BCUT2D eigenvalue weighted by Crippen LogP contribution is 2.27. The Morgan fingerprint density at radius 3 is 2.55 bits per heavy atom. The fourth-order valence-corrected chi connectivity index (χ4v) is 1.95. The fourth-order valence-electron chi connectivity index (χ4n) is 1.95. The lowest BCUT2D eigenvalue weighted by molar-refractivity contribution is -0.185. The molecular formula is C16H25NO3. The number of ether oxygens (including phenoxy) is 1. The molecule has 4 heteroatoms. The minimum Gasteiger partial charge on any atom is -0.483 e. The van der Waals surface area contributed by atoms with Gasteiger partial charge in [-0.15, -0.1) is 0 Å². The van der Waals surface area contributed by atoms with Crippen LogP contribution in [0.3, 0.4) is 0 Å². The third-order valence-electron chi connectivity index (χ3n) is 2.99. The molecular weight excluding hydrogens is 254 g/mol. The first-order chi connectivity index (χ1) is 9.49. The molecule has 0 fully saturated rings. The predicted octanol–water partition coefficient (Wildman–Crippen LogP) is 3.30. The molecule has 0 spiro atoms. The van der Waals surface area contributed by atoms with Gasteiger partial charge in [0.2, 0.25) is 0 Å². The van der Waals surface area contributed by atoms with Crippen molar-refractivity contribution >= 4 is 5.91 Å². The number of carbonyl (C=O) groups excluding carboxylic acids is 1. The highest BCUT2D eigenvalue weighted by atomic mass is 16.7. The van der Waals surface area contributed by atoms with E-state index in [-0.39, 0.29) is 12.5 Å². The number of amides is 1. The number of likely N-dealkylation sites (N-methyl/N-ethyl adjacent to an activating group) is 1. The zero-order valence-electron chi connectivity index (χ0n) is 13.1. The summed E-state index contributed by atoms with van der Waals surface area (Å²) in [7, 11) is 0. The molecule has 0 N–H and O–H groups in total. The smallest absolute Gasteiger partial charge is 0.283 e. The second kappa shape index (κ2) is 7.90. The van der Waals surface area contributed by atoms with E-state index in [1.807, 2.05) is 26.8 Å². The van der Waals surface area contributed by atoms with Crippen molar-refractivity contribution < 1.29 is 14.4 Å². The Hall–Kier alpha value is -1.55. The van der Waals surface area contributed by atoms with Gasteiger partial charge in [-0.1, -0.05) is 26.0 Å². The second-order valence-electron chi connectivity index (χ2n) is 4.99. The summed E-state index contributed by atoms with van der Waals surface area (Å²) in [6.07, 6.45) is 0. The van der Waals surface area contributed by atoms with Crippen molar-refractivity contribution in [2.75, 3.05) is 19.8 Å². The molecule has 112 valence electrons. The first kappa shape index (κ1) is 16.5. The highest BCUT2D eigenvalue weighted by Gasteiger charge is 2.14. The molecule has 20 heavy (non-hydrogen) atoms. The Morgan fingerprint density at radius 1 is 1.30 bits per heavy atom. The number of hydrogen-bond acceptors (Lipinski definition) is 3. The molecule has 0 radical (unpaired) electrons. The van der Waals surface area contributed by atoms with Crippen molar-refractivity contribution in [3.63, 3.8) is 0 Å². The van der Waals surface area contributed by atoms with E-state index in [1.54, 1.807) is 0 Å². The molecule has 0 aromatic heterocycles. The topological polar surface area (TPSA) is 38.8 Å². The molecule has 0 aliphatic carbocycles. The summed E-state index contributed by atoms with van der Waals surface area (Å²) in [5.74, 6) is 0.973. The Kier molecular flexibility index (Phi) is 6.52. The van der Waals surface area contributed by atoms with Gasteiger partial charge in [0.1, 0.15) is 5.75 Å². The average molecular weight is 279 g/mol. The average Bonchev–Trinajstić information content (AvgIpc) is 2.41. The predicted molar refractivity (Wildman–Crippen MR) is 79.8 cm³/mol. The van der Waals surface area contributed by atoms with E-state index in [0.717, 1.165) is 16.9 Å².